The molecule has 2 heterocycles. The van der Waals surface area contributed by atoms with E-state index in [1.807, 2.05) is 13.8 Å². The molecule has 1 aliphatic heterocycles. The number of hydrogen-bond acceptors (Lipinski definition) is 4. The van der Waals surface area contributed by atoms with Crippen molar-refractivity contribution >= 4 is 5.82 Å². The van der Waals surface area contributed by atoms with Crippen LogP contribution in [0, 0.1) is 13.8 Å². The first-order valence-corrected chi connectivity index (χ1v) is 10.1. The molecule has 0 bridgehead atoms. The maximum atomic E-state index is 4.60. The zero-order valence-corrected chi connectivity index (χ0v) is 16.0. The Morgan fingerprint density at radius 1 is 1.00 bits per heavy atom. The Morgan fingerprint density at radius 2 is 1.73 bits per heavy atom. The molecule has 4 nitrogen and oxygen atoms in total. The Hall–Kier alpha value is -1.94. The van der Waals surface area contributed by atoms with Crippen molar-refractivity contribution in [1.82, 2.24) is 15.3 Å². The minimum Gasteiger partial charge on any atom is -0.356 e. The van der Waals surface area contributed by atoms with Gasteiger partial charge in [0, 0.05) is 37.4 Å². The van der Waals surface area contributed by atoms with E-state index in [2.05, 4.69) is 50.5 Å². The lowest BCUT2D eigenvalue weighted by molar-refractivity contribution is 0.411. The maximum Gasteiger partial charge on any atom is 0.132 e. The lowest BCUT2D eigenvalue weighted by Crippen LogP contribution is -2.42. The molecular formula is C22H30N4. The van der Waals surface area contributed by atoms with Crippen LogP contribution in [0.1, 0.15) is 60.7 Å². The summed E-state index contributed by atoms with van der Waals surface area (Å²) in [5, 5.41) is 3.75. The van der Waals surface area contributed by atoms with Crippen LogP contribution in [0.5, 0.6) is 0 Å². The highest BCUT2D eigenvalue weighted by Gasteiger charge is 2.21. The Morgan fingerprint density at radius 3 is 2.35 bits per heavy atom. The molecular weight excluding hydrogens is 320 g/mol. The minimum absolute atomic E-state index is 0.599. The van der Waals surface area contributed by atoms with Gasteiger partial charge in [-0.2, -0.15) is 0 Å². The molecule has 2 fully saturated rings. The molecule has 1 aliphatic carbocycles. The van der Waals surface area contributed by atoms with Gasteiger partial charge in [-0.25, -0.2) is 9.97 Å². The second-order valence-electron chi connectivity index (χ2n) is 7.93. The van der Waals surface area contributed by atoms with E-state index in [0.717, 1.165) is 42.9 Å². The van der Waals surface area contributed by atoms with Crippen LogP contribution < -0.4 is 10.2 Å². The number of nitrogens with one attached hydrogen (secondary N) is 1. The number of anilines is 1. The van der Waals surface area contributed by atoms with Crippen molar-refractivity contribution in [3.05, 3.63) is 53.0 Å². The lowest BCUT2D eigenvalue weighted by Gasteiger charge is -2.33. The molecule has 0 radical (unpaired) electrons. The Balaban J connectivity index is 1.26. The third-order valence-corrected chi connectivity index (χ3v) is 5.92. The first kappa shape index (κ1) is 17.5. The SMILES string of the molecule is Cc1cc(N2CCC(NCc3ccc(C4CCC4)cc3)CC2)nc(C)n1. The topological polar surface area (TPSA) is 41.0 Å². The van der Waals surface area contributed by atoms with Crippen molar-refractivity contribution < 1.29 is 0 Å². The van der Waals surface area contributed by atoms with Gasteiger partial charge in [-0.15, -0.1) is 0 Å². The first-order chi connectivity index (χ1) is 12.7. The van der Waals surface area contributed by atoms with E-state index in [-0.39, 0.29) is 0 Å². The summed E-state index contributed by atoms with van der Waals surface area (Å²) < 4.78 is 0. The van der Waals surface area contributed by atoms with Gasteiger partial charge >= 0.3 is 0 Å². The van der Waals surface area contributed by atoms with Crippen LogP contribution in [0.3, 0.4) is 0 Å². The fraction of sp³-hybridized carbons (Fsp3) is 0.545. The van der Waals surface area contributed by atoms with Gasteiger partial charge in [0.25, 0.3) is 0 Å². The monoisotopic (exact) mass is 350 g/mol. The molecule has 1 aromatic heterocycles. The van der Waals surface area contributed by atoms with Gasteiger partial charge in [0.05, 0.1) is 0 Å². The van der Waals surface area contributed by atoms with E-state index < -0.39 is 0 Å². The highest BCUT2D eigenvalue weighted by atomic mass is 15.2. The van der Waals surface area contributed by atoms with Crippen LogP contribution in [0.2, 0.25) is 0 Å². The molecule has 0 amide bonds. The fourth-order valence-electron chi connectivity index (χ4n) is 4.08. The molecule has 138 valence electrons. The van der Waals surface area contributed by atoms with Crippen LogP contribution >= 0.6 is 0 Å². The Bertz CT molecular complexity index is 708. The van der Waals surface area contributed by atoms with Crippen LogP contribution in [0.15, 0.2) is 30.3 Å². The van der Waals surface area contributed by atoms with Crippen LogP contribution in [-0.4, -0.2) is 29.1 Å². The van der Waals surface area contributed by atoms with E-state index in [1.165, 1.54) is 43.2 Å². The second-order valence-corrected chi connectivity index (χ2v) is 7.93. The van der Waals surface area contributed by atoms with Crippen molar-refractivity contribution in [2.24, 2.45) is 0 Å². The zero-order chi connectivity index (χ0) is 17.9. The van der Waals surface area contributed by atoms with E-state index in [9.17, 15) is 0 Å². The average molecular weight is 351 g/mol. The van der Waals surface area contributed by atoms with Crippen LogP contribution in [0.4, 0.5) is 5.82 Å². The normalized spacial score (nSPS) is 18.8. The van der Waals surface area contributed by atoms with Crippen molar-refractivity contribution in [3.63, 3.8) is 0 Å². The number of aryl methyl sites for hydroxylation is 2. The zero-order valence-electron chi connectivity index (χ0n) is 16.0. The smallest absolute Gasteiger partial charge is 0.132 e. The van der Waals surface area contributed by atoms with Crippen molar-refractivity contribution in [2.45, 2.75) is 64.5 Å². The highest BCUT2D eigenvalue weighted by Crippen LogP contribution is 2.36. The molecule has 2 aliphatic rings. The summed E-state index contributed by atoms with van der Waals surface area (Å²) in [5.41, 5.74) is 3.99. The predicted molar refractivity (Wildman–Crippen MR) is 107 cm³/mol. The van der Waals surface area contributed by atoms with Gasteiger partial charge in [0.2, 0.25) is 0 Å². The van der Waals surface area contributed by atoms with E-state index in [0.29, 0.717) is 6.04 Å². The Labute approximate surface area is 157 Å². The van der Waals surface area contributed by atoms with Gasteiger partial charge in [0.15, 0.2) is 0 Å². The van der Waals surface area contributed by atoms with E-state index >= 15 is 0 Å². The van der Waals surface area contributed by atoms with Gasteiger partial charge in [-0.05, 0) is 56.6 Å². The Kier molecular flexibility index (Phi) is 5.21. The summed E-state index contributed by atoms with van der Waals surface area (Å²) in [4.78, 5) is 11.4. The molecule has 1 N–H and O–H groups in total. The molecule has 2 aromatic rings. The molecule has 0 spiro atoms. The summed E-state index contributed by atoms with van der Waals surface area (Å²) in [6.45, 7) is 7.12. The summed E-state index contributed by atoms with van der Waals surface area (Å²) in [5.74, 6) is 2.78. The average Bonchev–Trinajstić information content (AvgIpc) is 2.59. The molecule has 1 saturated heterocycles. The lowest BCUT2D eigenvalue weighted by atomic mass is 9.80. The van der Waals surface area contributed by atoms with Crippen molar-refractivity contribution in [2.75, 3.05) is 18.0 Å². The number of aromatic nitrogens is 2. The third kappa shape index (κ3) is 4.07. The predicted octanol–water partition coefficient (Wildman–Crippen LogP) is 4.12. The molecule has 4 rings (SSSR count). The minimum atomic E-state index is 0.599. The van der Waals surface area contributed by atoms with Gasteiger partial charge in [0.1, 0.15) is 11.6 Å². The first-order valence-electron chi connectivity index (χ1n) is 10.1. The second kappa shape index (κ2) is 7.75. The maximum absolute atomic E-state index is 4.60. The van der Waals surface area contributed by atoms with E-state index in [4.69, 9.17) is 0 Å². The van der Waals surface area contributed by atoms with Crippen molar-refractivity contribution in [3.8, 4) is 0 Å². The number of rotatable bonds is 5. The number of piperidine rings is 1. The highest BCUT2D eigenvalue weighted by molar-refractivity contribution is 5.40. The third-order valence-electron chi connectivity index (χ3n) is 5.92. The van der Waals surface area contributed by atoms with Gasteiger partial charge in [-0.3, -0.25) is 0 Å². The summed E-state index contributed by atoms with van der Waals surface area (Å²) in [7, 11) is 0. The van der Waals surface area contributed by atoms with Gasteiger partial charge in [-0.1, -0.05) is 30.7 Å². The van der Waals surface area contributed by atoms with Crippen molar-refractivity contribution in [1.29, 1.82) is 0 Å². The van der Waals surface area contributed by atoms with Crippen LogP contribution in [0.25, 0.3) is 0 Å². The largest absolute Gasteiger partial charge is 0.356 e. The standard InChI is InChI=1S/C22H30N4/c1-16-14-22(25-17(2)24-16)26-12-10-21(11-13-26)23-15-18-6-8-20(9-7-18)19-4-3-5-19/h6-9,14,19,21,23H,3-5,10-13,15H2,1-2H3. The molecule has 1 aromatic carbocycles. The molecule has 1 saturated carbocycles. The summed E-state index contributed by atoms with van der Waals surface area (Å²) in [6.07, 6.45) is 6.49. The quantitative estimate of drug-likeness (QED) is 0.881. The molecule has 0 atom stereocenters. The molecule has 4 heteroatoms. The molecule has 0 unspecified atom stereocenters. The summed E-state index contributed by atoms with van der Waals surface area (Å²) in [6, 6.07) is 12.0. The molecule has 26 heavy (non-hydrogen) atoms. The number of hydrogen-bond donors (Lipinski definition) is 1. The van der Waals surface area contributed by atoms with E-state index in [1.54, 1.807) is 0 Å². The van der Waals surface area contributed by atoms with Crippen LogP contribution in [-0.2, 0) is 6.54 Å². The fourth-order valence-corrected chi connectivity index (χ4v) is 4.08. The summed E-state index contributed by atoms with van der Waals surface area (Å²) >= 11 is 0. The number of nitrogens with zero attached hydrogens (tertiary/aromatic N) is 3. The number of benzene rings is 1. The van der Waals surface area contributed by atoms with Gasteiger partial charge < -0.3 is 10.2 Å².